The van der Waals surface area contributed by atoms with Crippen LogP contribution in [0.1, 0.15) is 31.1 Å². The Morgan fingerprint density at radius 3 is 2.78 bits per heavy atom. The quantitative estimate of drug-likeness (QED) is 0.833. The molecule has 1 aliphatic heterocycles. The summed E-state index contributed by atoms with van der Waals surface area (Å²) in [6.45, 7) is 5.97. The van der Waals surface area contributed by atoms with E-state index >= 15 is 0 Å². The Hall–Kier alpha value is -0.960. The Labute approximate surface area is 114 Å². The van der Waals surface area contributed by atoms with Crippen LogP contribution >= 0.6 is 11.8 Å². The van der Waals surface area contributed by atoms with Gasteiger partial charge < -0.3 is 4.90 Å². The molecule has 98 valence electrons. The van der Waals surface area contributed by atoms with E-state index in [1.807, 2.05) is 22.7 Å². The summed E-state index contributed by atoms with van der Waals surface area (Å²) in [6, 6.07) is 10.5. The van der Waals surface area contributed by atoms with Crippen LogP contribution in [0, 0.1) is 5.92 Å². The normalized spacial score (nSPS) is 20.2. The van der Waals surface area contributed by atoms with Crippen LogP contribution < -0.4 is 0 Å². The topological polar surface area (TPSA) is 20.3 Å². The second kappa shape index (κ2) is 6.28. The standard InChI is InChI=1S/C15H21NOS/c1-12(2)10-15(17)16-8-9-18-14(11-16)13-6-4-3-5-7-13/h3-7,12,14H,8-11H2,1-2H3. The number of carbonyl (C=O) groups excluding carboxylic acids is 1. The highest BCUT2D eigenvalue weighted by Crippen LogP contribution is 2.33. The summed E-state index contributed by atoms with van der Waals surface area (Å²) in [4.78, 5) is 14.1. The number of rotatable bonds is 3. The molecule has 18 heavy (non-hydrogen) atoms. The Morgan fingerprint density at radius 1 is 1.39 bits per heavy atom. The van der Waals surface area contributed by atoms with E-state index in [9.17, 15) is 4.79 Å². The molecule has 1 unspecified atom stereocenters. The molecule has 1 aromatic rings. The van der Waals surface area contributed by atoms with Gasteiger partial charge in [-0.05, 0) is 11.5 Å². The first kappa shape index (κ1) is 13.5. The van der Waals surface area contributed by atoms with Gasteiger partial charge in [-0.1, -0.05) is 44.2 Å². The van der Waals surface area contributed by atoms with Crippen molar-refractivity contribution in [3.63, 3.8) is 0 Å². The van der Waals surface area contributed by atoms with Gasteiger partial charge in [-0.25, -0.2) is 0 Å². The molecule has 1 amide bonds. The molecule has 3 heteroatoms. The van der Waals surface area contributed by atoms with Crippen molar-refractivity contribution in [1.29, 1.82) is 0 Å². The monoisotopic (exact) mass is 263 g/mol. The van der Waals surface area contributed by atoms with Crippen LogP contribution in [0.5, 0.6) is 0 Å². The summed E-state index contributed by atoms with van der Waals surface area (Å²) < 4.78 is 0. The lowest BCUT2D eigenvalue weighted by Crippen LogP contribution is -2.39. The molecule has 0 N–H and O–H groups in total. The first-order valence-corrected chi connectivity index (χ1v) is 7.66. The summed E-state index contributed by atoms with van der Waals surface area (Å²) in [5, 5.41) is 0.441. The SMILES string of the molecule is CC(C)CC(=O)N1CCSC(c2ccccc2)C1. The van der Waals surface area contributed by atoms with Crippen molar-refractivity contribution in [2.24, 2.45) is 5.92 Å². The summed E-state index contributed by atoms with van der Waals surface area (Å²) in [6.07, 6.45) is 0.673. The molecule has 0 saturated carbocycles. The fraction of sp³-hybridized carbons (Fsp3) is 0.533. The molecule has 2 nitrogen and oxygen atoms in total. The summed E-state index contributed by atoms with van der Waals surface area (Å²) >= 11 is 1.96. The molecular weight excluding hydrogens is 242 g/mol. The van der Waals surface area contributed by atoms with Crippen molar-refractivity contribution in [3.05, 3.63) is 35.9 Å². The van der Waals surface area contributed by atoms with E-state index in [2.05, 4.69) is 38.1 Å². The number of amides is 1. The van der Waals surface area contributed by atoms with E-state index in [1.165, 1.54) is 5.56 Å². The van der Waals surface area contributed by atoms with Crippen LogP contribution in [0.15, 0.2) is 30.3 Å². The molecule has 0 bridgehead atoms. The van der Waals surface area contributed by atoms with E-state index in [0.717, 1.165) is 18.8 Å². The van der Waals surface area contributed by atoms with Gasteiger partial charge in [0.1, 0.15) is 0 Å². The molecule has 0 aliphatic carbocycles. The van der Waals surface area contributed by atoms with Crippen LogP contribution in [0.3, 0.4) is 0 Å². The zero-order valence-electron chi connectivity index (χ0n) is 11.1. The smallest absolute Gasteiger partial charge is 0.222 e. The van der Waals surface area contributed by atoms with Gasteiger partial charge in [-0.15, -0.1) is 0 Å². The molecule has 0 aromatic heterocycles. The third kappa shape index (κ3) is 3.52. The number of thioether (sulfide) groups is 1. The van der Waals surface area contributed by atoms with Gasteiger partial charge in [0.05, 0.1) is 0 Å². The third-order valence-electron chi connectivity index (χ3n) is 3.17. The van der Waals surface area contributed by atoms with Crippen LogP contribution in [-0.4, -0.2) is 29.6 Å². The minimum Gasteiger partial charge on any atom is -0.340 e. The van der Waals surface area contributed by atoms with Crippen LogP contribution in [0.2, 0.25) is 0 Å². The van der Waals surface area contributed by atoms with Gasteiger partial charge in [0.2, 0.25) is 5.91 Å². The van der Waals surface area contributed by atoms with Crippen molar-refractivity contribution in [3.8, 4) is 0 Å². The van der Waals surface area contributed by atoms with E-state index in [-0.39, 0.29) is 0 Å². The van der Waals surface area contributed by atoms with E-state index in [0.29, 0.717) is 23.5 Å². The minimum atomic E-state index is 0.311. The van der Waals surface area contributed by atoms with Gasteiger partial charge in [-0.3, -0.25) is 4.79 Å². The van der Waals surface area contributed by atoms with Crippen LogP contribution in [-0.2, 0) is 4.79 Å². The maximum absolute atomic E-state index is 12.1. The second-order valence-electron chi connectivity index (χ2n) is 5.21. The van der Waals surface area contributed by atoms with E-state index in [4.69, 9.17) is 0 Å². The molecule has 1 aromatic carbocycles. The largest absolute Gasteiger partial charge is 0.340 e. The zero-order chi connectivity index (χ0) is 13.0. The fourth-order valence-corrected chi connectivity index (χ4v) is 3.47. The third-order valence-corrected chi connectivity index (χ3v) is 4.42. The summed E-state index contributed by atoms with van der Waals surface area (Å²) in [5.41, 5.74) is 1.34. The molecular formula is C15H21NOS. The number of carbonyl (C=O) groups is 1. The molecule has 1 fully saturated rings. The Balaban J connectivity index is 1.98. The average Bonchev–Trinajstić information content (AvgIpc) is 2.39. The molecule has 1 heterocycles. The lowest BCUT2D eigenvalue weighted by Gasteiger charge is -2.33. The maximum atomic E-state index is 12.1. The minimum absolute atomic E-state index is 0.311. The number of hydrogen-bond acceptors (Lipinski definition) is 2. The molecule has 0 spiro atoms. The molecule has 1 saturated heterocycles. The molecule has 2 rings (SSSR count). The molecule has 1 aliphatic rings. The Bertz CT molecular complexity index is 391. The second-order valence-corrected chi connectivity index (χ2v) is 6.52. The highest BCUT2D eigenvalue weighted by molar-refractivity contribution is 7.99. The van der Waals surface area contributed by atoms with Gasteiger partial charge in [0.15, 0.2) is 0 Å². The van der Waals surface area contributed by atoms with Gasteiger partial charge >= 0.3 is 0 Å². The lowest BCUT2D eigenvalue weighted by atomic mass is 10.1. The van der Waals surface area contributed by atoms with Crippen LogP contribution in [0.25, 0.3) is 0 Å². The van der Waals surface area contributed by atoms with Crippen molar-refractivity contribution in [2.45, 2.75) is 25.5 Å². The predicted octanol–water partition coefficient (Wildman–Crippen LogP) is 3.35. The number of nitrogens with zero attached hydrogens (tertiary/aromatic N) is 1. The van der Waals surface area contributed by atoms with Crippen molar-refractivity contribution >= 4 is 17.7 Å². The highest BCUT2D eigenvalue weighted by Gasteiger charge is 2.25. The molecule has 1 atom stereocenters. The Morgan fingerprint density at radius 2 is 2.11 bits per heavy atom. The van der Waals surface area contributed by atoms with Crippen molar-refractivity contribution in [2.75, 3.05) is 18.8 Å². The van der Waals surface area contributed by atoms with Gasteiger partial charge in [0, 0.05) is 30.5 Å². The zero-order valence-corrected chi connectivity index (χ0v) is 12.0. The summed E-state index contributed by atoms with van der Waals surface area (Å²) in [7, 11) is 0. The number of benzene rings is 1. The highest BCUT2D eigenvalue weighted by atomic mass is 32.2. The van der Waals surface area contributed by atoms with Gasteiger partial charge in [-0.2, -0.15) is 11.8 Å². The maximum Gasteiger partial charge on any atom is 0.222 e. The fourth-order valence-electron chi connectivity index (χ4n) is 2.22. The first-order chi connectivity index (χ1) is 8.66. The average molecular weight is 263 g/mol. The predicted molar refractivity (Wildman–Crippen MR) is 77.7 cm³/mol. The molecule has 0 radical (unpaired) electrons. The summed E-state index contributed by atoms with van der Waals surface area (Å²) in [5.74, 6) is 1.80. The van der Waals surface area contributed by atoms with Crippen LogP contribution in [0.4, 0.5) is 0 Å². The van der Waals surface area contributed by atoms with E-state index < -0.39 is 0 Å². The van der Waals surface area contributed by atoms with Gasteiger partial charge in [0.25, 0.3) is 0 Å². The van der Waals surface area contributed by atoms with Crippen molar-refractivity contribution in [1.82, 2.24) is 4.90 Å². The Kier molecular flexibility index (Phi) is 4.70. The van der Waals surface area contributed by atoms with Crippen molar-refractivity contribution < 1.29 is 4.79 Å². The lowest BCUT2D eigenvalue weighted by molar-refractivity contribution is -0.131. The first-order valence-electron chi connectivity index (χ1n) is 6.61. The number of hydrogen-bond donors (Lipinski definition) is 0. The van der Waals surface area contributed by atoms with E-state index in [1.54, 1.807) is 0 Å².